The number of carbonyl (C=O) groups is 1. The average Bonchev–Trinajstić information content (AvgIpc) is 3.30. The van der Waals surface area contributed by atoms with Crippen LogP contribution in [0, 0.1) is 5.92 Å². The molecule has 0 radical (unpaired) electrons. The van der Waals surface area contributed by atoms with Gasteiger partial charge in [-0.05, 0) is 62.3 Å². The van der Waals surface area contributed by atoms with Crippen LogP contribution in [-0.4, -0.2) is 51.2 Å². The standard InChI is InChI=1S/C21H29N5O2S/c1-3-18-23-25(20(28)17-13-16-7-12-29-21(16)26(17)18)14-19(27)22-8-4-9-24-10-5-15(2)6-11-24/h7,12-13,15H,3-6,8-11,14H2,1-2H3,(H,22,27). The lowest BCUT2D eigenvalue weighted by atomic mass is 9.99. The van der Waals surface area contributed by atoms with Crippen LogP contribution in [0.3, 0.4) is 0 Å². The first-order valence-corrected chi connectivity index (χ1v) is 11.4. The molecule has 156 valence electrons. The molecule has 29 heavy (non-hydrogen) atoms. The van der Waals surface area contributed by atoms with Crippen molar-refractivity contribution >= 4 is 33.0 Å². The molecule has 3 aromatic rings. The van der Waals surface area contributed by atoms with Gasteiger partial charge in [0.1, 0.15) is 22.7 Å². The summed E-state index contributed by atoms with van der Waals surface area (Å²) in [5.41, 5.74) is 0.369. The van der Waals surface area contributed by atoms with Gasteiger partial charge in [0, 0.05) is 18.4 Å². The smallest absolute Gasteiger partial charge is 0.291 e. The van der Waals surface area contributed by atoms with E-state index in [1.54, 1.807) is 11.3 Å². The predicted octanol–water partition coefficient (Wildman–Crippen LogP) is 2.51. The quantitative estimate of drug-likeness (QED) is 0.602. The lowest BCUT2D eigenvalue weighted by Gasteiger charge is -2.30. The van der Waals surface area contributed by atoms with Crippen molar-refractivity contribution in [2.75, 3.05) is 26.2 Å². The minimum Gasteiger partial charge on any atom is -0.354 e. The van der Waals surface area contributed by atoms with E-state index in [1.165, 1.54) is 17.5 Å². The van der Waals surface area contributed by atoms with Crippen molar-refractivity contribution in [1.82, 2.24) is 24.4 Å². The van der Waals surface area contributed by atoms with E-state index < -0.39 is 0 Å². The maximum absolute atomic E-state index is 12.9. The van der Waals surface area contributed by atoms with Crippen LogP contribution in [0.4, 0.5) is 0 Å². The highest BCUT2D eigenvalue weighted by Crippen LogP contribution is 2.24. The van der Waals surface area contributed by atoms with E-state index in [0.717, 1.165) is 48.0 Å². The summed E-state index contributed by atoms with van der Waals surface area (Å²) in [6, 6.07) is 3.90. The fourth-order valence-electron chi connectivity index (χ4n) is 4.04. The Hall–Kier alpha value is -2.19. The van der Waals surface area contributed by atoms with Crippen LogP contribution in [0.15, 0.2) is 22.3 Å². The molecule has 1 aliphatic rings. The minimum absolute atomic E-state index is 0.0393. The second-order valence-corrected chi connectivity index (χ2v) is 8.90. The number of thiophene rings is 1. The van der Waals surface area contributed by atoms with Crippen molar-refractivity contribution in [2.45, 2.75) is 46.1 Å². The van der Waals surface area contributed by atoms with Gasteiger partial charge in [-0.25, -0.2) is 4.68 Å². The number of aromatic nitrogens is 3. The SMILES string of the molecule is CCc1nn(CC(=O)NCCCN2CCC(C)CC2)c(=O)c2cc3ccsc3n12. The topological polar surface area (TPSA) is 71.6 Å². The van der Waals surface area contributed by atoms with E-state index in [-0.39, 0.29) is 18.0 Å². The predicted molar refractivity (Wildman–Crippen MR) is 117 cm³/mol. The Balaban J connectivity index is 1.38. The molecule has 1 amide bonds. The van der Waals surface area contributed by atoms with Gasteiger partial charge >= 0.3 is 0 Å². The van der Waals surface area contributed by atoms with Gasteiger partial charge in [0.15, 0.2) is 0 Å². The second-order valence-electron chi connectivity index (χ2n) is 8.01. The fraction of sp³-hybridized carbons (Fsp3) is 0.571. The van der Waals surface area contributed by atoms with Gasteiger partial charge in [0.2, 0.25) is 5.91 Å². The Morgan fingerprint density at radius 2 is 2.14 bits per heavy atom. The molecule has 3 aromatic heterocycles. The summed E-state index contributed by atoms with van der Waals surface area (Å²) in [6.45, 7) is 8.24. The van der Waals surface area contributed by atoms with Crippen molar-refractivity contribution in [3.63, 3.8) is 0 Å². The zero-order valence-electron chi connectivity index (χ0n) is 17.2. The Morgan fingerprint density at radius 3 is 2.90 bits per heavy atom. The zero-order valence-corrected chi connectivity index (χ0v) is 18.0. The number of fused-ring (bicyclic) bond motifs is 3. The van der Waals surface area contributed by atoms with Crippen LogP contribution in [0.1, 0.15) is 38.9 Å². The minimum atomic E-state index is -0.219. The molecule has 0 aromatic carbocycles. The summed E-state index contributed by atoms with van der Waals surface area (Å²) in [5.74, 6) is 1.47. The highest BCUT2D eigenvalue weighted by atomic mass is 32.1. The Labute approximate surface area is 174 Å². The van der Waals surface area contributed by atoms with Gasteiger partial charge in [0.25, 0.3) is 5.56 Å². The van der Waals surface area contributed by atoms with E-state index in [2.05, 4.69) is 22.2 Å². The highest BCUT2D eigenvalue weighted by molar-refractivity contribution is 7.16. The molecule has 8 heteroatoms. The van der Waals surface area contributed by atoms with E-state index in [1.807, 2.05) is 28.8 Å². The number of carbonyl (C=O) groups excluding carboxylic acids is 1. The van der Waals surface area contributed by atoms with Gasteiger partial charge in [-0.3, -0.25) is 14.0 Å². The van der Waals surface area contributed by atoms with Gasteiger partial charge in [0.05, 0.1) is 0 Å². The number of likely N-dealkylation sites (tertiary alicyclic amines) is 1. The number of rotatable bonds is 7. The van der Waals surface area contributed by atoms with Crippen LogP contribution in [0.25, 0.3) is 15.7 Å². The molecule has 1 fully saturated rings. The van der Waals surface area contributed by atoms with Gasteiger partial charge in [-0.1, -0.05) is 13.8 Å². The number of nitrogens with one attached hydrogen (secondary N) is 1. The number of hydrogen-bond acceptors (Lipinski definition) is 5. The molecule has 4 heterocycles. The number of hydrogen-bond donors (Lipinski definition) is 1. The van der Waals surface area contributed by atoms with Crippen molar-refractivity contribution < 1.29 is 4.79 Å². The third kappa shape index (κ3) is 4.23. The molecule has 0 bridgehead atoms. The first-order valence-electron chi connectivity index (χ1n) is 10.5. The number of amides is 1. The monoisotopic (exact) mass is 415 g/mol. The van der Waals surface area contributed by atoms with E-state index >= 15 is 0 Å². The lowest BCUT2D eigenvalue weighted by molar-refractivity contribution is -0.121. The summed E-state index contributed by atoms with van der Waals surface area (Å²) >= 11 is 1.60. The number of piperidine rings is 1. The largest absolute Gasteiger partial charge is 0.354 e. The third-order valence-corrected chi connectivity index (χ3v) is 6.73. The molecule has 1 N–H and O–H groups in total. The molecule has 0 spiro atoms. The maximum atomic E-state index is 12.9. The van der Waals surface area contributed by atoms with E-state index in [9.17, 15) is 9.59 Å². The molecule has 4 rings (SSSR count). The maximum Gasteiger partial charge on any atom is 0.291 e. The first-order chi connectivity index (χ1) is 14.1. The summed E-state index contributed by atoms with van der Waals surface area (Å²) in [7, 11) is 0. The summed E-state index contributed by atoms with van der Waals surface area (Å²) in [5, 5.41) is 10.5. The second kappa shape index (κ2) is 8.67. The van der Waals surface area contributed by atoms with Crippen LogP contribution in [0.2, 0.25) is 0 Å². The molecule has 0 aliphatic carbocycles. The Bertz CT molecular complexity index is 1060. The van der Waals surface area contributed by atoms with E-state index in [4.69, 9.17) is 0 Å². The van der Waals surface area contributed by atoms with Crippen molar-refractivity contribution in [1.29, 1.82) is 0 Å². The molecule has 1 saturated heterocycles. The summed E-state index contributed by atoms with van der Waals surface area (Å²) in [6.07, 6.45) is 4.15. The normalized spacial score (nSPS) is 16.1. The zero-order chi connectivity index (χ0) is 20.4. The molecule has 7 nitrogen and oxygen atoms in total. The number of aryl methyl sites for hydroxylation is 1. The summed E-state index contributed by atoms with van der Waals surface area (Å²) < 4.78 is 3.23. The van der Waals surface area contributed by atoms with Crippen LogP contribution >= 0.6 is 11.3 Å². The third-order valence-electron chi connectivity index (χ3n) is 5.82. The fourth-order valence-corrected chi connectivity index (χ4v) is 4.96. The average molecular weight is 416 g/mol. The van der Waals surface area contributed by atoms with Crippen LogP contribution < -0.4 is 10.9 Å². The van der Waals surface area contributed by atoms with Gasteiger partial charge < -0.3 is 10.2 Å². The number of nitrogens with zero attached hydrogens (tertiary/aromatic N) is 4. The first kappa shape index (κ1) is 20.1. The molecule has 0 atom stereocenters. The van der Waals surface area contributed by atoms with Crippen LogP contribution in [-0.2, 0) is 17.8 Å². The lowest BCUT2D eigenvalue weighted by Crippen LogP contribution is -2.37. The molecule has 1 aliphatic heterocycles. The molecule has 0 unspecified atom stereocenters. The van der Waals surface area contributed by atoms with Crippen molar-refractivity contribution in [3.05, 3.63) is 33.7 Å². The van der Waals surface area contributed by atoms with Crippen molar-refractivity contribution in [3.8, 4) is 0 Å². The van der Waals surface area contributed by atoms with Crippen molar-refractivity contribution in [2.24, 2.45) is 5.92 Å². The Kier molecular flexibility index (Phi) is 6.01. The van der Waals surface area contributed by atoms with Crippen LogP contribution in [0.5, 0.6) is 0 Å². The molecular formula is C21H29N5O2S. The molecular weight excluding hydrogens is 386 g/mol. The highest BCUT2D eigenvalue weighted by Gasteiger charge is 2.17. The summed E-state index contributed by atoms with van der Waals surface area (Å²) in [4.78, 5) is 28.8. The molecule has 0 saturated carbocycles. The Morgan fingerprint density at radius 1 is 1.34 bits per heavy atom. The van der Waals surface area contributed by atoms with E-state index in [0.29, 0.717) is 18.5 Å². The van der Waals surface area contributed by atoms with Gasteiger partial charge in [-0.15, -0.1) is 11.3 Å². The van der Waals surface area contributed by atoms with Gasteiger partial charge in [-0.2, -0.15) is 5.10 Å².